The zero-order chi connectivity index (χ0) is 18.8. The molecule has 138 valence electrons. The number of nitrogens with zero attached hydrogens (tertiary/aromatic N) is 3. The number of anilines is 1. The Morgan fingerprint density at radius 1 is 1.00 bits per heavy atom. The van der Waals surface area contributed by atoms with E-state index in [9.17, 15) is 0 Å². The smallest absolute Gasteiger partial charge is 0.247 e. The fourth-order valence-corrected chi connectivity index (χ4v) is 4.41. The molecule has 0 spiro atoms. The van der Waals surface area contributed by atoms with Crippen molar-refractivity contribution in [3.8, 4) is 17.1 Å². The number of fused-ring (bicyclic) bond motifs is 3. The largest absolute Gasteiger partial charge is 0.448 e. The number of thiophene rings is 1. The molecule has 28 heavy (non-hydrogen) atoms. The summed E-state index contributed by atoms with van der Waals surface area (Å²) in [5.74, 6) is 1.28. The molecule has 0 bridgehead atoms. The van der Waals surface area contributed by atoms with Crippen LogP contribution in [0.15, 0.2) is 76.6 Å². The molecule has 0 saturated heterocycles. The molecule has 1 atom stereocenters. The van der Waals surface area contributed by atoms with Crippen molar-refractivity contribution in [1.29, 1.82) is 0 Å². The van der Waals surface area contributed by atoms with Gasteiger partial charge in [-0.2, -0.15) is 16.3 Å². The van der Waals surface area contributed by atoms with E-state index in [0.717, 1.165) is 22.6 Å². The first kappa shape index (κ1) is 17.2. The van der Waals surface area contributed by atoms with Crippen molar-refractivity contribution in [3.63, 3.8) is 0 Å². The third-order valence-electron chi connectivity index (χ3n) is 4.39. The fraction of sp³-hybridized carbons (Fsp3) is 0.0952. The summed E-state index contributed by atoms with van der Waals surface area (Å²) in [6, 6.07) is 20.3. The van der Waals surface area contributed by atoms with Crippen molar-refractivity contribution >= 4 is 28.8 Å². The van der Waals surface area contributed by atoms with Crippen molar-refractivity contribution in [1.82, 2.24) is 15.2 Å². The molecule has 1 aliphatic heterocycles. The fourth-order valence-electron chi connectivity index (χ4n) is 3.01. The van der Waals surface area contributed by atoms with E-state index in [4.69, 9.17) is 4.74 Å². The van der Waals surface area contributed by atoms with Gasteiger partial charge >= 0.3 is 0 Å². The van der Waals surface area contributed by atoms with E-state index in [1.54, 1.807) is 23.1 Å². The molecular formula is C21H16N4OS2. The third-order valence-corrected chi connectivity index (χ3v) is 6.00. The summed E-state index contributed by atoms with van der Waals surface area (Å²) in [5, 5.41) is 17.0. The highest BCUT2D eigenvalue weighted by atomic mass is 32.2. The van der Waals surface area contributed by atoms with Crippen molar-refractivity contribution in [2.24, 2.45) is 0 Å². The number of benzene rings is 2. The molecule has 5 rings (SSSR count). The molecule has 2 aromatic carbocycles. The van der Waals surface area contributed by atoms with Gasteiger partial charge in [0, 0.05) is 22.6 Å². The summed E-state index contributed by atoms with van der Waals surface area (Å²) in [6.45, 7) is 0. The van der Waals surface area contributed by atoms with Gasteiger partial charge in [-0.25, -0.2) is 0 Å². The molecule has 5 nitrogen and oxygen atoms in total. The molecule has 1 N–H and O–H groups in total. The maximum absolute atomic E-state index is 6.25. The van der Waals surface area contributed by atoms with Crippen LogP contribution in [0, 0.1) is 0 Å². The summed E-state index contributed by atoms with van der Waals surface area (Å²) in [6.07, 6.45) is -0.322. The lowest BCUT2D eigenvalue weighted by atomic mass is 10.1. The standard InChI is InChI=1S/C21H16N4OS2/c1-2-6-14(7-3-1)12-28-21-23-20-18(24-25-21)16-8-4-5-9-17(16)22-19(26-20)15-10-11-27-13-15/h1-11,13,19,22H,12H2/t19-/m0/s1. The first-order valence-corrected chi connectivity index (χ1v) is 10.8. The molecule has 0 amide bonds. The van der Waals surface area contributed by atoms with Gasteiger partial charge in [-0.15, -0.1) is 10.2 Å². The van der Waals surface area contributed by atoms with Gasteiger partial charge in [0.05, 0.1) is 0 Å². The molecule has 7 heteroatoms. The van der Waals surface area contributed by atoms with Crippen molar-refractivity contribution in [2.75, 3.05) is 5.32 Å². The quantitative estimate of drug-likeness (QED) is 0.460. The number of rotatable bonds is 4. The summed E-state index contributed by atoms with van der Waals surface area (Å²) < 4.78 is 6.25. The number of hydrogen-bond donors (Lipinski definition) is 1. The summed E-state index contributed by atoms with van der Waals surface area (Å²) in [5.41, 5.74) is 4.83. The Labute approximate surface area is 170 Å². The van der Waals surface area contributed by atoms with Gasteiger partial charge in [0.1, 0.15) is 0 Å². The van der Waals surface area contributed by atoms with E-state index in [2.05, 4.69) is 44.1 Å². The van der Waals surface area contributed by atoms with Gasteiger partial charge < -0.3 is 10.1 Å². The van der Waals surface area contributed by atoms with E-state index < -0.39 is 0 Å². The Kier molecular flexibility index (Phi) is 4.68. The lowest BCUT2D eigenvalue weighted by Gasteiger charge is -2.17. The summed E-state index contributed by atoms with van der Waals surface area (Å²) >= 11 is 3.19. The second-order valence-electron chi connectivity index (χ2n) is 6.27. The van der Waals surface area contributed by atoms with Crippen molar-refractivity contribution in [2.45, 2.75) is 17.1 Å². The first-order chi connectivity index (χ1) is 13.9. The SMILES string of the molecule is c1ccc(CSc2nnc3c(n2)O[C@@H](c2ccsc2)Nc2ccccc2-3)cc1. The zero-order valence-corrected chi connectivity index (χ0v) is 16.4. The van der Waals surface area contributed by atoms with Crippen LogP contribution in [0.1, 0.15) is 17.4 Å². The predicted molar refractivity (Wildman–Crippen MR) is 113 cm³/mol. The second-order valence-corrected chi connectivity index (χ2v) is 7.99. The topological polar surface area (TPSA) is 59.9 Å². The molecule has 0 saturated carbocycles. The lowest BCUT2D eigenvalue weighted by molar-refractivity contribution is 0.225. The normalized spacial score (nSPS) is 14.9. The van der Waals surface area contributed by atoms with Crippen LogP contribution in [-0.2, 0) is 5.75 Å². The van der Waals surface area contributed by atoms with E-state index in [1.807, 2.05) is 47.8 Å². The third kappa shape index (κ3) is 3.46. The Morgan fingerprint density at radius 3 is 2.71 bits per heavy atom. The average Bonchev–Trinajstić information content (AvgIpc) is 3.23. The number of thioether (sulfide) groups is 1. The van der Waals surface area contributed by atoms with Crippen LogP contribution in [0.3, 0.4) is 0 Å². The monoisotopic (exact) mass is 404 g/mol. The maximum atomic E-state index is 6.25. The highest BCUT2D eigenvalue weighted by Gasteiger charge is 2.26. The van der Waals surface area contributed by atoms with Gasteiger partial charge in [-0.3, -0.25) is 0 Å². The minimum Gasteiger partial charge on any atom is -0.448 e. The van der Waals surface area contributed by atoms with Crippen LogP contribution in [0.2, 0.25) is 0 Å². The molecule has 0 fully saturated rings. The van der Waals surface area contributed by atoms with Gasteiger partial charge in [0.15, 0.2) is 11.9 Å². The van der Waals surface area contributed by atoms with Gasteiger partial charge in [-0.1, -0.05) is 60.3 Å². The highest BCUT2D eigenvalue weighted by Crippen LogP contribution is 2.39. The molecule has 0 aliphatic carbocycles. The van der Waals surface area contributed by atoms with Gasteiger partial charge in [0.2, 0.25) is 11.0 Å². The minimum atomic E-state index is -0.322. The molecule has 0 radical (unpaired) electrons. The maximum Gasteiger partial charge on any atom is 0.247 e. The van der Waals surface area contributed by atoms with Crippen LogP contribution >= 0.6 is 23.1 Å². The van der Waals surface area contributed by atoms with Crippen LogP contribution in [0.4, 0.5) is 5.69 Å². The van der Waals surface area contributed by atoms with Crippen LogP contribution in [0.5, 0.6) is 5.88 Å². The van der Waals surface area contributed by atoms with Crippen LogP contribution in [0.25, 0.3) is 11.3 Å². The Bertz CT molecular complexity index is 1090. The molecule has 1 aliphatic rings. The van der Waals surface area contributed by atoms with E-state index in [1.165, 1.54) is 5.56 Å². The van der Waals surface area contributed by atoms with Gasteiger partial charge in [-0.05, 0) is 28.5 Å². The lowest BCUT2D eigenvalue weighted by Crippen LogP contribution is -2.16. The Morgan fingerprint density at radius 2 is 1.86 bits per heavy atom. The zero-order valence-electron chi connectivity index (χ0n) is 14.8. The summed E-state index contributed by atoms with van der Waals surface area (Å²) in [4.78, 5) is 4.68. The molecular weight excluding hydrogens is 388 g/mol. The molecule has 0 unspecified atom stereocenters. The number of ether oxygens (including phenoxy) is 1. The number of para-hydroxylation sites is 1. The van der Waals surface area contributed by atoms with Crippen molar-refractivity contribution in [3.05, 3.63) is 82.6 Å². The average molecular weight is 405 g/mol. The Hall–Kier alpha value is -2.90. The molecule has 3 heterocycles. The second kappa shape index (κ2) is 7.61. The number of nitrogens with one attached hydrogen (secondary N) is 1. The van der Waals surface area contributed by atoms with Crippen LogP contribution < -0.4 is 10.1 Å². The summed E-state index contributed by atoms with van der Waals surface area (Å²) in [7, 11) is 0. The highest BCUT2D eigenvalue weighted by molar-refractivity contribution is 7.98. The van der Waals surface area contributed by atoms with Gasteiger partial charge in [0.25, 0.3) is 0 Å². The number of hydrogen-bond acceptors (Lipinski definition) is 7. The predicted octanol–water partition coefficient (Wildman–Crippen LogP) is 5.40. The van der Waals surface area contributed by atoms with Crippen LogP contribution in [-0.4, -0.2) is 15.2 Å². The Balaban J connectivity index is 1.49. The van der Waals surface area contributed by atoms with E-state index >= 15 is 0 Å². The number of aromatic nitrogens is 3. The van der Waals surface area contributed by atoms with Crippen molar-refractivity contribution < 1.29 is 4.74 Å². The minimum absolute atomic E-state index is 0.322. The van der Waals surface area contributed by atoms with E-state index in [0.29, 0.717) is 16.7 Å². The molecule has 4 aromatic rings. The molecule has 2 aromatic heterocycles. The first-order valence-electron chi connectivity index (χ1n) is 8.83. The van der Waals surface area contributed by atoms with E-state index in [-0.39, 0.29) is 6.23 Å².